The van der Waals surface area contributed by atoms with Crippen molar-refractivity contribution in [2.45, 2.75) is 31.6 Å². The number of Topliss-reactive ketones (excluding diaryl/α,β-unsaturated/α-hetero) is 1. The van der Waals surface area contributed by atoms with E-state index in [-0.39, 0.29) is 24.6 Å². The zero-order valence-electron chi connectivity index (χ0n) is 10.8. The molecule has 0 amide bonds. The first-order chi connectivity index (χ1) is 8.63. The highest BCUT2D eigenvalue weighted by Crippen LogP contribution is 2.22. The van der Waals surface area contributed by atoms with Gasteiger partial charge >= 0.3 is 5.97 Å². The zero-order chi connectivity index (χ0) is 13.4. The number of carbonyl (C=O) groups is 2. The van der Waals surface area contributed by atoms with E-state index in [0.717, 1.165) is 4.90 Å². The highest BCUT2D eigenvalue weighted by Gasteiger charge is 2.08. The number of aryl methyl sites for hydroxylation is 1. The van der Waals surface area contributed by atoms with Gasteiger partial charge in [0.1, 0.15) is 5.78 Å². The van der Waals surface area contributed by atoms with Gasteiger partial charge in [0, 0.05) is 11.3 Å². The Balaban J connectivity index is 2.29. The Labute approximate surface area is 112 Å². The molecule has 0 saturated carbocycles. The number of ether oxygens (including phenoxy) is 1. The molecule has 0 fully saturated rings. The fourth-order valence-corrected chi connectivity index (χ4v) is 2.35. The highest BCUT2D eigenvalue weighted by atomic mass is 32.2. The van der Waals surface area contributed by atoms with E-state index >= 15 is 0 Å². The predicted molar refractivity (Wildman–Crippen MR) is 72.8 cm³/mol. The summed E-state index contributed by atoms with van der Waals surface area (Å²) in [6.45, 7) is 4.14. The van der Waals surface area contributed by atoms with Crippen LogP contribution in [0.2, 0.25) is 0 Å². The molecule has 0 radical (unpaired) electrons. The Kier molecular flexibility index (Phi) is 6.50. The van der Waals surface area contributed by atoms with Gasteiger partial charge in [-0.25, -0.2) is 0 Å². The summed E-state index contributed by atoms with van der Waals surface area (Å²) in [7, 11) is 0. The van der Waals surface area contributed by atoms with Gasteiger partial charge in [0.25, 0.3) is 0 Å². The van der Waals surface area contributed by atoms with Crippen LogP contribution >= 0.6 is 11.8 Å². The molecule has 98 valence electrons. The van der Waals surface area contributed by atoms with E-state index in [1.807, 2.05) is 31.2 Å². The largest absolute Gasteiger partial charge is 0.466 e. The van der Waals surface area contributed by atoms with Crippen LogP contribution in [0.5, 0.6) is 0 Å². The molecule has 0 aliphatic rings. The number of benzene rings is 1. The van der Waals surface area contributed by atoms with Gasteiger partial charge in [-0.2, -0.15) is 0 Å². The summed E-state index contributed by atoms with van der Waals surface area (Å²) in [4.78, 5) is 23.8. The van der Waals surface area contributed by atoms with Crippen LogP contribution in [0, 0.1) is 6.92 Å². The van der Waals surface area contributed by atoms with Crippen molar-refractivity contribution in [3.05, 3.63) is 29.8 Å². The van der Waals surface area contributed by atoms with Gasteiger partial charge in [-0.15, -0.1) is 11.8 Å². The van der Waals surface area contributed by atoms with Crippen LogP contribution in [0.4, 0.5) is 0 Å². The maximum atomic E-state index is 11.6. The molecule has 0 atom stereocenters. The lowest BCUT2D eigenvalue weighted by atomic mass is 10.2. The Hall–Kier alpha value is -1.29. The summed E-state index contributed by atoms with van der Waals surface area (Å²) in [5.74, 6) is 0.188. The fourth-order valence-electron chi connectivity index (χ4n) is 1.42. The molecule has 0 heterocycles. The molecule has 0 unspecified atom stereocenters. The first-order valence-electron chi connectivity index (χ1n) is 5.99. The topological polar surface area (TPSA) is 43.4 Å². The number of rotatable bonds is 7. The van der Waals surface area contributed by atoms with Gasteiger partial charge in [0.2, 0.25) is 0 Å². The molecule has 0 saturated heterocycles. The Bertz CT molecular complexity index is 415. The van der Waals surface area contributed by atoms with Gasteiger partial charge in [-0.3, -0.25) is 9.59 Å². The third-order valence-electron chi connectivity index (χ3n) is 2.40. The Morgan fingerprint density at radius 1 is 1.22 bits per heavy atom. The molecule has 0 spiro atoms. The summed E-state index contributed by atoms with van der Waals surface area (Å²) in [6, 6.07) is 7.95. The van der Waals surface area contributed by atoms with Crippen molar-refractivity contribution in [3.63, 3.8) is 0 Å². The van der Waals surface area contributed by atoms with E-state index in [9.17, 15) is 9.59 Å². The Morgan fingerprint density at radius 3 is 2.61 bits per heavy atom. The quantitative estimate of drug-likeness (QED) is 0.562. The highest BCUT2D eigenvalue weighted by molar-refractivity contribution is 8.00. The van der Waals surface area contributed by atoms with Crippen molar-refractivity contribution < 1.29 is 14.3 Å². The zero-order valence-corrected chi connectivity index (χ0v) is 11.6. The third kappa shape index (κ3) is 5.36. The van der Waals surface area contributed by atoms with E-state index in [1.165, 1.54) is 17.3 Å². The van der Waals surface area contributed by atoms with Crippen LogP contribution in [-0.4, -0.2) is 24.1 Å². The molecule has 1 rings (SSSR count). The van der Waals surface area contributed by atoms with Crippen LogP contribution < -0.4 is 0 Å². The predicted octanol–water partition coefficient (Wildman–Crippen LogP) is 3.00. The standard InChI is InChI=1S/C14H18O3S/c1-3-17-14(16)9-8-12(15)10-18-13-7-5-4-6-11(13)2/h4-7H,3,8-10H2,1-2H3. The summed E-state index contributed by atoms with van der Waals surface area (Å²) >= 11 is 1.52. The minimum absolute atomic E-state index is 0.0799. The lowest BCUT2D eigenvalue weighted by molar-refractivity contribution is -0.144. The molecule has 18 heavy (non-hydrogen) atoms. The number of carbonyl (C=O) groups excluding carboxylic acids is 2. The first-order valence-corrected chi connectivity index (χ1v) is 6.97. The SMILES string of the molecule is CCOC(=O)CCC(=O)CSc1ccccc1C. The van der Waals surface area contributed by atoms with Gasteiger partial charge < -0.3 is 4.74 Å². The molecular weight excluding hydrogens is 248 g/mol. The van der Waals surface area contributed by atoms with Crippen molar-refractivity contribution in [2.75, 3.05) is 12.4 Å². The maximum absolute atomic E-state index is 11.6. The second-order valence-electron chi connectivity index (χ2n) is 3.90. The van der Waals surface area contributed by atoms with Crippen molar-refractivity contribution in [2.24, 2.45) is 0 Å². The van der Waals surface area contributed by atoms with Crippen molar-refractivity contribution in [1.29, 1.82) is 0 Å². The maximum Gasteiger partial charge on any atom is 0.306 e. The second-order valence-corrected chi connectivity index (χ2v) is 4.92. The van der Waals surface area contributed by atoms with Crippen molar-refractivity contribution in [1.82, 2.24) is 0 Å². The monoisotopic (exact) mass is 266 g/mol. The molecule has 1 aromatic carbocycles. The number of thioether (sulfide) groups is 1. The van der Waals surface area contributed by atoms with Gasteiger partial charge in [-0.1, -0.05) is 18.2 Å². The van der Waals surface area contributed by atoms with E-state index < -0.39 is 0 Å². The molecule has 0 aliphatic carbocycles. The molecule has 0 aliphatic heterocycles. The number of ketones is 1. The minimum Gasteiger partial charge on any atom is -0.466 e. The average Bonchev–Trinajstić information content (AvgIpc) is 2.36. The van der Waals surface area contributed by atoms with Gasteiger partial charge in [0.15, 0.2) is 0 Å². The molecule has 1 aromatic rings. The molecular formula is C14H18O3S. The summed E-state index contributed by atoms with van der Waals surface area (Å²) in [5.41, 5.74) is 1.17. The number of hydrogen-bond donors (Lipinski definition) is 0. The smallest absolute Gasteiger partial charge is 0.306 e. The molecule has 4 heteroatoms. The summed E-state index contributed by atoms with van der Waals surface area (Å²) < 4.78 is 4.78. The van der Waals surface area contributed by atoms with E-state index in [0.29, 0.717) is 12.4 Å². The fraction of sp³-hybridized carbons (Fsp3) is 0.429. The molecule has 0 bridgehead atoms. The molecule has 0 aromatic heterocycles. The van der Waals surface area contributed by atoms with Crippen LogP contribution in [-0.2, 0) is 14.3 Å². The van der Waals surface area contributed by atoms with Gasteiger partial charge in [-0.05, 0) is 25.5 Å². The van der Waals surface area contributed by atoms with Crippen LogP contribution in [0.1, 0.15) is 25.3 Å². The van der Waals surface area contributed by atoms with E-state index in [2.05, 4.69) is 0 Å². The number of hydrogen-bond acceptors (Lipinski definition) is 4. The van der Waals surface area contributed by atoms with E-state index in [1.54, 1.807) is 6.92 Å². The average molecular weight is 266 g/mol. The molecule has 0 N–H and O–H groups in total. The second kappa shape index (κ2) is 7.93. The lowest BCUT2D eigenvalue weighted by Crippen LogP contribution is -2.09. The normalized spacial score (nSPS) is 10.1. The van der Waals surface area contributed by atoms with Crippen molar-refractivity contribution in [3.8, 4) is 0 Å². The van der Waals surface area contributed by atoms with Crippen LogP contribution in [0.15, 0.2) is 29.2 Å². The Morgan fingerprint density at radius 2 is 1.94 bits per heavy atom. The van der Waals surface area contributed by atoms with Crippen LogP contribution in [0.3, 0.4) is 0 Å². The third-order valence-corrected chi connectivity index (χ3v) is 3.63. The van der Waals surface area contributed by atoms with E-state index in [4.69, 9.17) is 4.74 Å². The van der Waals surface area contributed by atoms with Gasteiger partial charge in [0.05, 0.1) is 18.8 Å². The van der Waals surface area contributed by atoms with Crippen molar-refractivity contribution >= 4 is 23.5 Å². The first kappa shape index (κ1) is 14.8. The minimum atomic E-state index is -0.299. The summed E-state index contributed by atoms with van der Waals surface area (Å²) in [5, 5.41) is 0. The number of esters is 1. The lowest BCUT2D eigenvalue weighted by Gasteiger charge is -2.04. The van der Waals surface area contributed by atoms with Crippen LogP contribution in [0.25, 0.3) is 0 Å². The summed E-state index contributed by atoms with van der Waals surface area (Å²) in [6.07, 6.45) is 0.443. The molecule has 3 nitrogen and oxygen atoms in total.